The number of ether oxygens (including phenoxy) is 1. The monoisotopic (exact) mass is 213 g/mol. The van der Waals surface area contributed by atoms with E-state index in [4.69, 9.17) is 0 Å². The molecule has 1 saturated heterocycles. The van der Waals surface area contributed by atoms with Gasteiger partial charge in [0.25, 0.3) is 0 Å². The summed E-state index contributed by atoms with van der Waals surface area (Å²) in [6, 6.07) is 0.483. The van der Waals surface area contributed by atoms with Gasteiger partial charge in [-0.15, -0.1) is 0 Å². The van der Waals surface area contributed by atoms with Crippen molar-refractivity contribution in [1.82, 2.24) is 4.90 Å². The van der Waals surface area contributed by atoms with Gasteiger partial charge in [-0.05, 0) is 33.1 Å². The van der Waals surface area contributed by atoms with E-state index in [2.05, 4.69) is 4.74 Å². The Hall–Kier alpha value is -1.06. The van der Waals surface area contributed by atoms with E-state index in [9.17, 15) is 9.59 Å². The molecule has 1 rings (SSSR count). The number of carbonyl (C=O) groups is 2. The quantitative estimate of drug-likeness (QED) is 0.513. The van der Waals surface area contributed by atoms with Gasteiger partial charge in [0.05, 0.1) is 7.11 Å². The number of esters is 1. The van der Waals surface area contributed by atoms with Crippen molar-refractivity contribution in [1.29, 1.82) is 0 Å². The van der Waals surface area contributed by atoms with Crippen molar-refractivity contribution in [3.8, 4) is 0 Å². The molecule has 0 aromatic heterocycles. The first kappa shape index (κ1) is 12.0. The van der Waals surface area contributed by atoms with Gasteiger partial charge in [0.1, 0.15) is 6.42 Å². The maximum atomic E-state index is 11.8. The lowest BCUT2D eigenvalue weighted by Gasteiger charge is -2.38. The van der Waals surface area contributed by atoms with Crippen LogP contribution in [0.4, 0.5) is 0 Å². The van der Waals surface area contributed by atoms with Gasteiger partial charge in [-0.3, -0.25) is 9.59 Å². The SMILES string of the molecule is COC(=O)CC(=O)N1C(C)CCCC1C. The van der Waals surface area contributed by atoms with Crippen LogP contribution in [0.25, 0.3) is 0 Å². The fraction of sp³-hybridized carbons (Fsp3) is 0.818. The fourth-order valence-electron chi connectivity index (χ4n) is 2.20. The van der Waals surface area contributed by atoms with Crippen molar-refractivity contribution >= 4 is 11.9 Å². The lowest BCUT2D eigenvalue weighted by molar-refractivity contribution is -0.149. The minimum Gasteiger partial charge on any atom is -0.469 e. The number of piperidine rings is 1. The Morgan fingerprint density at radius 2 is 1.80 bits per heavy atom. The zero-order chi connectivity index (χ0) is 11.4. The average Bonchev–Trinajstić information content (AvgIpc) is 2.17. The summed E-state index contributed by atoms with van der Waals surface area (Å²) in [4.78, 5) is 24.6. The van der Waals surface area contributed by atoms with E-state index in [1.807, 2.05) is 18.7 Å². The maximum Gasteiger partial charge on any atom is 0.315 e. The van der Waals surface area contributed by atoms with Crippen LogP contribution in [0.3, 0.4) is 0 Å². The molecule has 0 aliphatic carbocycles. The first-order valence-electron chi connectivity index (χ1n) is 5.44. The molecule has 1 aliphatic rings. The van der Waals surface area contributed by atoms with Crippen molar-refractivity contribution in [2.75, 3.05) is 7.11 Å². The minimum atomic E-state index is -0.454. The summed E-state index contributed by atoms with van der Waals surface area (Å²) in [7, 11) is 1.30. The molecule has 1 heterocycles. The maximum absolute atomic E-state index is 11.8. The van der Waals surface area contributed by atoms with Crippen molar-refractivity contribution in [3.63, 3.8) is 0 Å². The molecule has 2 atom stereocenters. The average molecular weight is 213 g/mol. The normalized spacial score (nSPS) is 26.2. The number of carbonyl (C=O) groups excluding carboxylic acids is 2. The lowest BCUT2D eigenvalue weighted by Crippen LogP contribution is -2.48. The predicted octanol–water partition coefficient (Wildman–Crippen LogP) is 1.34. The van der Waals surface area contributed by atoms with Crippen LogP contribution in [0.1, 0.15) is 39.5 Å². The molecule has 1 amide bonds. The van der Waals surface area contributed by atoms with Crippen LogP contribution in [0.2, 0.25) is 0 Å². The third-order valence-electron chi connectivity index (χ3n) is 3.00. The van der Waals surface area contributed by atoms with Crippen LogP contribution in [-0.4, -0.2) is 36.0 Å². The van der Waals surface area contributed by atoms with Crippen LogP contribution in [-0.2, 0) is 14.3 Å². The van der Waals surface area contributed by atoms with E-state index >= 15 is 0 Å². The van der Waals surface area contributed by atoms with Crippen LogP contribution in [0.5, 0.6) is 0 Å². The number of hydrogen-bond donors (Lipinski definition) is 0. The molecule has 0 bridgehead atoms. The molecule has 4 nitrogen and oxygen atoms in total. The molecule has 0 aromatic rings. The Morgan fingerprint density at radius 3 is 2.27 bits per heavy atom. The third-order valence-corrected chi connectivity index (χ3v) is 3.00. The molecule has 86 valence electrons. The molecule has 0 aromatic carbocycles. The summed E-state index contributed by atoms with van der Waals surface area (Å²) in [5, 5.41) is 0. The number of likely N-dealkylation sites (tertiary alicyclic amines) is 1. The number of methoxy groups -OCH3 is 1. The van der Waals surface area contributed by atoms with E-state index in [-0.39, 0.29) is 24.4 Å². The Bertz CT molecular complexity index is 242. The van der Waals surface area contributed by atoms with E-state index in [1.165, 1.54) is 7.11 Å². The summed E-state index contributed by atoms with van der Waals surface area (Å²) in [5.41, 5.74) is 0. The highest BCUT2D eigenvalue weighted by atomic mass is 16.5. The van der Waals surface area contributed by atoms with Gasteiger partial charge >= 0.3 is 5.97 Å². The molecule has 0 N–H and O–H groups in total. The fourth-order valence-corrected chi connectivity index (χ4v) is 2.20. The lowest BCUT2D eigenvalue weighted by atomic mass is 9.97. The number of nitrogens with zero attached hydrogens (tertiary/aromatic N) is 1. The summed E-state index contributed by atoms with van der Waals surface area (Å²) in [6.45, 7) is 4.07. The standard InChI is InChI=1S/C11H19NO3/c1-8-5-4-6-9(2)12(8)10(13)7-11(14)15-3/h8-9H,4-7H2,1-3H3. The van der Waals surface area contributed by atoms with E-state index in [0.717, 1.165) is 19.3 Å². The van der Waals surface area contributed by atoms with Crippen molar-refractivity contribution in [3.05, 3.63) is 0 Å². The Morgan fingerprint density at radius 1 is 1.27 bits per heavy atom. The molecule has 1 aliphatic heterocycles. The van der Waals surface area contributed by atoms with Crippen molar-refractivity contribution in [2.45, 2.75) is 51.6 Å². The highest BCUT2D eigenvalue weighted by molar-refractivity contribution is 5.94. The Balaban J connectivity index is 2.59. The van der Waals surface area contributed by atoms with Gasteiger partial charge in [0, 0.05) is 12.1 Å². The first-order chi connectivity index (χ1) is 7.06. The van der Waals surface area contributed by atoms with Gasteiger partial charge in [0.2, 0.25) is 5.91 Å². The molecular formula is C11H19NO3. The number of rotatable bonds is 2. The predicted molar refractivity (Wildman–Crippen MR) is 56.3 cm³/mol. The topological polar surface area (TPSA) is 46.6 Å². The third kappa shape index (κ3) is 2.94. The highest BCUT2D eigenvalue weighted by Gasteiger charge is 2.29. The first-order valence-corrected chi connectivity index (χ1v) is 5.44. The zero-order valence-electron chi connectivity index (χ0n) is 9.66. The highest BCUT2D eigenvalue weighted by Crippen LogP contribution is 2.23. The van der Waals surface area contributed by atoms with Gasteiger partial charge in [-0.1, -0.05) is 0 Å². The smallest absolute Gasteiger partial charge is 0.315 e. The Labute approximate surface area is 90.6 Å². The van der Waals surface area contributed by atoms with Crippen molar-refractivity contribution in [2.24, 2.45) is 0 Å². The molecule has 0 saturated carbocycles. The summed E-state index contributed by atoms with van der Waals surface area (Å²) in [5.74, 6) is -0.563. The van der Waals surface area contributed by atoms with E-state index < -0.39 is 5.97 Å². The zero-order valence-corrected chi connectivity index (χ0v) is 9.66. The second-order valence-electron chi connectivity index (χ2n) is 4.18. The minimum absolute atomic E-state index is 0.110. The van der Waals surface area contributed by atoms with Crippen LogP contribution < -0.4 is 0 Å². The second-order valence-corrected chi connectivity index (χ2v) is 4.18. The van der Waals surface area contributed by atoms with E-state index in [1.54, 1.807) is 0 Å². The number of hydrogen-bond acceptors (Lipinski definition) is 3. The molecule has 4 heteroatoms. The Kier molecular flexibility index (Phi) is 4.12. The molecule has 0 radical (unpaired) electrons. The largest absolute Gasteiger partial charge is 0.469 e. The summed E-state index contributed by atoms with van der Waals surface area (Å²) < 4.78 is 4.50. The molecule has 1 fully saturated rings. The summed E-state index contributed by atoms with van der Waals surface area (Å²) in [6.07, 6.45) is 3.07. The van der Waals surface area contributed by atoms with E-state index in [0.29, 0.717) is 0 Å². The van der Waals surface area contributed by atoms with Crippen molar-refractivity contribution < 1.29 is 14.3 Å². The molecule has 15 heavy (non-hydrogen) atoms. The van der Waals surface area contributed by atoms with Crippen LogP contribution in [0, 0.1) is 0 Å². The van der Waals surface area contributed by atoms with Gasteiger partial charge in [-0.2, -0.15) is 0 Å². The van der Waals surface area contributed by atoms with Gasteiger partial charge in [-0.25, -0.2) is 0 Å². The molecular weight excluding hydrogens is 194 g/mol. The molecule has 2 unspecified atom stereocenters. The second kappa shape index (κ2) is 5.14. The number of amides is 1. The van der Waals surface area contributed by atoms with Crippen LogP contribution in [0.15, 0.2) is 0 Å². The van der Waals surface area contributed by atoms with Crippen LogP contribution >= 0.6 is 0 Å². The van der Waals surface area contributed by atoms with Gasteiger partial charge in [0.15, 0.2) is 0 Å². The van der Waals surface area contributed by atoms with Gasteiger partial charge < -0.3 is 9.64 Å². The molecule has 0 spiro atoms. The summed E-state index contributed by atoms with van der Waals surface area (Å²) >= 11 is 0.